The van der Waals surface area contributed by atoms with Crippen molar-refractivity contribution in [2.24, 2.45) is 0 Å². The maximum Gasteiger partial charge on any atom is 0.0720 e. The molecule has 0 aliphatic heterocycles. The third-order valence-corrected chi connectivity index (χ3v) is 2.58. The van der Waals surface area contributed by atoms with E-state index in [9.17, 15) is 9.90 Å². The first-order chi connectivity index (χ1) is 6.79. The highest BCUT2D eigenvalue weighted by atomic mass is 16.4. The largest absolute Gasteiger partial charge is 0.545 e. The van der Waals surface area contributed by atoms with E-state index in [1.54, 1.807) is 0 Å². The van der Waals surface area contributed by atoms with Crippen LogP contribution in [0.5, 0.6) is 0 Å². The van der Waals surface area contributed by atoms with E-state index < -0.39 is 5.97 Å². The Kier molecular flexibility index (Phi) is 2.35. The van der Waals surface area contributed by atoms with Gasteiger partial charge in [0, 0.05) is 5.57 Å². The Morgan fingerprint density at radius 3 is 2.21 bits per heavy atom. The van der Waals surface area contributed by atoms with E-state index in [4.69, 9.17) is 0 Å². The van der Waals surface area contributed by atoms with Crippen molar-refractivity contribution in [2.45, 2.75) is 19.3 Å². The van der Waals surface area contributed by atoms with Crippen molar-refractivity contribution in [2.75, 3.05) is 0 Å². The zero-order valence-corrected chi connectivity index (χ0v) is 7.82. The normalized spacial score (nSPS) is 14.7. The summed E-state index contributed by atoms with van der Waals surface area (Å²) < 4.78 is 0. The number of carbonyl (C=O) groups is 1. The molecule has 0 N–H and O–H groups in total. The molecule has 72 valence electrons. The van der Waals surface area contributed by atoms with Gasteiger partial charge in [-0.15, -0.1) is 0 Å². The van der Waals surface area contributed by atoms with Crippen molar-refractivity contribution < 1.29 is 9.90 Å². The molecule has 2 nitrogen and oxygen atoms in total. The lowest BCUT2D eigenvalue weighted by molar-refractivity contribution is -0.295. The summed E-state index contributed by atoms with van der Waals surface area (Å²) in [6.07, 6.45) is 2.90. The van der Waals surface area contributed by atoms with Crippen LogP contribution in [0.15, 0.2) is 35.9 Å². The van der Waals surface area contributed by atoms with Gasteiger partial charge in [-0.25, -0.2) is 0 Å². The van der Waals surface area contributed by atoms with E-state index in [1.165, 1.54) is 0 Å². The van der Waals surface area contributed by atoms with Gasteiger partial charge in [-0.05, 0) is 24.8 Å². The smallest absolute Gasteiger partial charge is 0.0720 e. The highest BCUT2D eigenvalue weighted by Gasteiger charge is 2.16. The molecule has 1 saturated carbocycles. The van der Waals surface area contributed by atoms with Crippen LogP contribution in [0.1, 0.15) is 24.8 Å². The predicted molar refractivity (Wildman–Crippen MR) is 52.2 cm³/mol. The van der Waals surface area contributed by atoms with Crippen LogP contribution in [-0.4, -0.2) is 5.97 Å². The average Bonchev–Trinajstić information content (AvgIpc) is 2.12. The first-order valence-electron chi connectivity index (χ1n) is 4.78. The van der Waals surface area contributed by atoms with Crippen LogP contribution in [-0.2, 0) is 4.79 Å². The summed E-state index contributed by atoms with van der Waals surface area (Å²) in [7, 11) is 0. The van der Waals surface area contributed by atoms with Crippen molar-refractivity contribution >= 4 is 11.5 Å². The van der Waals surface area contributed by atoms with Gasteiger partial charge in [0.2, 0.25) is 0 Å². The number of benzene rings is 1. The number of hydrogen-bond donors (Lipinski definition) is 0. The lowest BCUT2D eigenvalue weighted by atomic mass is 9.85. The Hall–Kier alpha value is -1.57. The van der Waals surface area contributed by atoms with Crippen molar-refractivity contribution in [3.63, 3.8) is 0 Å². The number of carboxylic acid groups (broad SMARTS) is 1. The highest BCUT2D eigenvalue weighted by molar-refractivity contribution is 6.15. The molecule has 2 heteroatoms. The van der Waals surface area contributed by atoms with Gasteiger partial charge in [0.1, 0.15) is 0 Å². The summed E-state index contributed by atoms with van der Waals surface area (Å²) in [5, 5.41) is 11.0. The SMILES string of the molecule is O=C([O-])C(=C1CCC1)c1ccccc1. The van der Waals surface area contributed by atoms with E-state index in [0.29, 0.717) is 5.57 Å². The first-order valence-corrected chi connectivity index (χ1v) is 4.78. The highest BCUT2D eigenvalue weighted by Crippen LogP contribution is 2.33. The quantitative estimate of drug-likeness (QED) is 0.656. The molecule has 0 heterocycles. The minimum atomic E-state index is -1.05. The summed E-state index contributed by atoms with van der Waals surface area (Å²) in [5.41, 5.74) is 2.19. The first kappa shape index (κ1) is 9.00. The van der Waals surface area contributed by atoms with Crippen LogP contribution in [0, 0.1) is 0 Å². The van der Waals surface area contributed by atoms with E-state index in [2.05, 4.69) is 0 Å². The van der Waals surface area contributed by atoms with Crippen LogP contribution in [0.4, 0.5) is 0 Å². The van der Waals surface area contributed by atoms with Crippen LogP contribution >= 0.6 is 0 Å². The second-order valence-corrected chi connectivity index (χ2v) is 3.49. The summed E-state index contributed by atoms with van der Waals surface area (Å²) in [6, 6.07) is 9.20. The summed E-state index contributed by atoms with van der Waals surface area (Å²) >= 11 is 0. The van der Waals surface area contributed by atoms with E-state index >= 15 is 0 Å². The van der Waals surface area contributed by atoms with Gasteiger partial charge in [-0.3, -0.25) is 0 Å². The Morgan fingerprint density at radius 2 is 1.79 bits per heavy atom. The van der Waals surface area contributed by atoms with Gasteiger partial charge in [0.05, 0.1) is 5.97 Å². The number of hydrogen-bond acceptors (Lipinski definition) is 2. The number of rotatable bonds is 2. The molecule has 1 aromatic carbocycles. The molecule has 0 unspecified atom stereocenters. The van der Waals surface area contributed by atoms with Crippen molar-refractivity contribution in [1.82, 2.24) is 0 Å². The number of carboxylic acids is 1. The van der Waals surface area contributed by atoms with Crippen molar-refractivity contribution in [1.29, 1.82) is 0 Å². The van der Waals surface area contributed by atoms with Crippen LogP contribution < -0.4 is 5.11 Å². The Labute approximate surface area is 82.9 Å². The monoisotopic (exact) mass is 187 g/mol. The Morgan fingerprint density at radius 1 is 1.14 bits per heavy atom. The van der Waals surface area contributed by atoms with Gasteiger partial charge in [-0.1, -0.05) is 35.9 Å². The molecule has 2 rings (SSSR count). The molecule has 0 aromatic heterocycles. The van der Waals surface area contributed by atoms with Gasteiger partial charge < -0.3 is 9.90 Å². The predicted octanol–water partition coefficient (Wildman–Crippen LogP) is 1.37. The number of aliphatic carboxylic acids is 1. The fourth-order valence-electron chi connectivity index (χ4n) is 1.67. The van der Waals surface area contributed by atoms with E-state index in [0.717, 1.165) is 30.4 Å². The van der Waals surface area contributed by atoms with Crippen LogP contribution in [0.25, 0.3) is 5.57 Å². The van der Waals surface area contributed by atoms with Gasteiger partial charge in [0.25, 0.3) is 0 Å². The summed E-state index contributed by atoms with van der Waals surface area (Å²) in [4.78, 5) is 11.0. The summed E-state index contributed by atoms with van der Waals surface area (Å²) in [5.74, 6) is -1.05. The average molecular weight is 187 g/mol. The molecule has 0 bridgehead atoms. The summed E-state index contributed by atoms with van der Waals surface area (Å²) in [6.45, 7) is 0. The van der Waals surface area contributed by atoms with Crippen LogP contribution in [0.3, 0.4) is 0 Å². The lowest BCUT2D eigenvalue weighted by Crippen LogP contribution is -2.25. The zero-order valence-electron chi connectivity index (χ0n) is 7.82. The molecule has 0 spiro atoms. The second-order valence-electron chi connectivity index (χ2n) is 3.49. The van der Waals surface area contributed by atoms with Gasteiger partial charge in [-0.2, -0.15) is 0 Å². The lowest BCUT2D eigenvalue weighted by Gasteiger charge is -2.23. The minimum absolute atomic E-state index is 0.400. The molecule has 1 aliphatic carbocycles. The Balaban J connectivity index is 2.43. The second kappa shape index (κ2) is 3.66. The van der Waals surface area contributed by atoms with E-state index in [1.807, 2.05) is 30.3 Å². The topological polar surface area (TPSA) is 40.1 Å². The Bertz CT molecular complexity index is 371. The fourth-order valence-corrected chi connectivity index (χ4v) is 1.67. The van der Waals surface area contributed by atoms with Gasteiger partial charge >= 0.3 is 0 Å². The van der Waals surface area contributed by atoms with Crippen molar-refractivity contribution in [3.8, 4) is 0 Å². The molecule has 0 saturated heterocycles. The third kappa shape index (κ3) is 1.55. The van der Waals surface area contributed by atoms with E-state index in [-0.39, 0.29) is 0 Å². The molecular formula is C12H11O2-. The molecule has 0 amide bonds. The molecule has 1 aromatic rings. The number of carbonyl (C=O) groups excluding carboxylic acids is 1. The van der Waals surface area contributed by atoms with Gasteiger partial charge in [0.15, 0.2) is 0 Å². The van der Waals surface area contributed by atoms with Crippen LogP contribution in [0.2, 0.25) is 0 Å². The maximum atomic E-state index is 11.0. The van der Waals surface area contributed by atoms with Crippen molar-refractivity contribution in [3.05, 3.63) is 41.5 Å². The molecule has 0 radical (unpaired) electrons. The fraction of sp³-hybridized carbons (Fsp3) is 0.250. The molecule has 1 fully saturated rings. The molecular weight excluding hydrogens is 176 g/mol. The number of allylic oxidation sites excluding steroid dienone is 1. The third-order valence-electron chi connectivity index (χ3n) is 2.58. The molecule has 14 heavy (non-hydrogen) atoms. The molecule has 0 atom stereocenters. The molecule has 1 aliphatic rings. The maximum absolute atomic E-state index is 11.0. The zero-order chi connectivity index (χ0) is 9.97. The standard InChI is InChI=1S/C12H12O2/c13-12(14)11(10-7-4-8-10)9-5-2-1-3-6-9/h1-3,5-6H,4,7-8H2,(H,13,14)/p-1. The minimum Gasteiger partial charge on any atom is -0.545 e.